The highest BCUT2D eigenvalue weighted by molar-refractivity contribution is 8.03. The minimum Gasteiger partial charge on any atom is -0.378 e. The summed E-state index contributed by atoms with van der Waals surface area (Å²) in [6, 6.07) is 15.5. The Bertz CT molecular complexity index is 1010. The standard InChI is InChI=1S/C24H27N3O3S/c1-25(2)20-10-7-18(8-11-20)17-19-9-12-23(24(19)26-13-15-30-16-14-26)31-22-6-4-3-5-21(22)27(28)29/h3-8,10-11,17H,9,12-16H2,1-2H3. The van der Waals surface area contributed by atoms with Crippen molar-refractivity contribution in [2.45, 2.75) is 17.7 Å². The number of nitrogens with zero attached hydrogens (tertiary/aromatic N) is 3. The molecule has 162 valence electrons. The highest BCUT2D eigenvalue weighted by Crippen LogP contribution is 2.45. The molecule has 7 heteroatoms. The zero-order valence-electron chi connectivity index (χ0n) is 17.9. The van der Waals surface area contributed by atoms with E-state index >= 15 is 0 Å². The number of thioether (sulfide) groups is 1. The fraction of sp³-hybridized carbons (Fsp3) is 0.333. The molecule has 0 aromatic heterocycles. The van der Waals surface area contributed by atoms with E-state index in [-0.39, 0.29) is 10.6 Å². The molecule has 2 aliphatic rings. The molecule has 2 aromatic carbocycles. The van der Waals surface area contributed by atoms with E-state index < -0.39 is 0 Å². The zero-order chi connectivity index (χ0) is 21.8. The molecule has 1 aliphatic carbocycles. The van der Waals surface area contributed by atoms with Crippen molar-refractivity contribution in [1.82, 2.24) is 4.90 Å². The Morgan fingerprint density at radius 1 is 1.06 bits per heavy atom. The normalized spacial score (nSPS) is 18.0. The van der Waals surface area contributed by atoms with Crippen molar-refractivity contribution in [2.75, 3.05) is 45.3 Å². The average Bonchev–Trinajstić information content (AvgIpc) is 3.17. The molecule has 0 bridgehead atoms. The fourth-order valence-corrected chi connectivity index (χ4v) is 5.19. The van der Waals surface area contributed by atoms with E-state index in [2.05, 4.69) is 40.1 Å². The third kappa shape index (κ3) is 4.94. The van der Waals surface area contributed by atoms with E-state index in [4.69, 9.17) is 4.74 Å². The molecule has 4 rings (SSSR count). The van der Waals surface area contributed by atoms with Crippen LogP contribution in [0.3, 0.4) is 0 Å². The summed E-state index contributed by atoms with van der Waals surface area (Å²) in [6.07, 6.45) is 4.09. The summed E-state index contributed by atoms with van der Waals surface area (Å²) in [6.45, 7) is 3.09. The summed E-state index contributed by atoms with van der Waals surface area (Å²) in [5.74, 6) is 0. The third-order valence-electron chi connectivity index (χ3n) is 5.56. The lowest BCUT2D eigenvalue weighted by Gasteiger charge is -2.31. The molecule has 0 spiro atoms. The first-order valence-corrected chi connectivity index (χ1v) is 11.3. The quantitative estimate of drug-likeness (QED) is 0.459. The molecule has 0 saturated carbocycles. The molecule has 1 heterocycles. The molecule has 0 unspecified atom stereocenters. The number of anilines is 1. The maximum atomic E-state index is 11.5. The molecule has 1 saturated heterocycles. The van der Waals surface area contributed by atoms with Crippen LogP contribution >= 0.6 is 11.8 Å². The van der Waals surface area contributed by atoms with Gasteiger partial charge in [-0.3, -0.25) is 10.1 Å². The molecule has 0 radical (unpaired) electrons. The predicted octanol–water partition coefficient (Wildman–Crippen LogP) is 5.17. The van der Waals surface area contributed by atoms with Gasteiger partial charge in [0.25, 0.3) is 5.69 Å². The number of nitro benzene ring substituents is 1. The second-order valence-electron chi connectivity index (χ2n) is 7.85. The lowest BCUT2D eigenvalue weighted by Crippen LogP contribution is -2.35. The summed E-state index contributed by atoms with van der Waals surface area (Å²) >= 11 is 1.54. The van der Waals surface area contributed by atoms with Gasteiger partial charge in [0.2, 0.25) is 0 Å². The molecule has 31 heavy (non-hydrogen) atoms. The molecule has 6 nitrogen and oxygen atoms in total. The van der Waals surface area contributed by atoms with Crippen molar-refractivity contribution < 1.29 is 9.66 Å². The Morgan fingerprint density at radius 2 is 1.77 bits per heavy atom. The molecule has 2 aromatic rings. The number of morpholine rings is 1. The maximum Gasteiger partial charge on any atom is 0.283 e. The van der Waals surface area contributed by atoms with Gasteiger partial charge in [-0.1, -0.05) is 36.0 Å². The summed E-state index contributed by atoms with van der Waals surface area (Å²) < 4.78 is 5.57. The van der Waals surface area contributed by atoms with E-state index in [1.807, 2.05) is 26.2 Å². The van der Waals surface area contributed by atoms with E-state index in [0.717, 1.165) is 25.9 Å². The van der Waals surface area contributed by atoms with Crippen LogP contribution in [0.15, 0.2) is 69.6 Å². The van der Waals surface area contributed by atoms with Gasteiger partial charge in [0.05, 0.1) is 28.7 Å². The van der Waals surface area contributed by atoms with Crippen LogP contribution in [0.25, 0.3) is 6.08 Å². The molecular weight excluding hydrogens is 410 g/mol. The van der Waals surface area contributed by atoms with Gasteiger partial charge in [-0.2, -0.15) is 0 Å². The largest absolute Gasteiger partial charge is 0.378 e. The Balaban J connectivity index is 1.69. The van der Waals surface area contributed by atoms with Crippen molar-refractivity contribution in [3.05, 3.63) is 80.4 Å². The zero-order valence-corrected chi connectivity index (χ0v) is 18.7. The number of allylic oxidation sites excluding steroid dienone is 2. The average molecular weight is 438 g/mol. The number of rotatable bonds is 6. The maximum absolute atomic E-state index is 11.5. The predicted molar refractivity (Wildman–Crippen MR) is 126 cm³/mol. The minimum absolute atomic E-state index is 0.165. The molecule has 0 atom stereocenters. The van der Waals surface area contributed by atoms with Gasteiger partial charge in [0, 0.05) is 43.8 Å². The van der Waals surface area contributed by atoms with Crippen LogP contribution in [0.4, 0.5) is 11.4 Å². The first kappa shape index (κ1) is 21.5. The molecular formula is C24H27N3O3S. The van der Waals surface area contributed by atoms with E-state index in [1.54, 1.807) is 12.1 Å². The van der Waals surface area contributed by atoms with Crippen LogP contribution in [-0.2, 0) is 4.74 Å². The van der Waals surface area contributed by atoms with Gasteiger partial charge >= 0.3 is 0 Å². The molecule has 1 fully saturated rings. The Labute approximate surface area is 187 Å². The summed E-state index contributed by atoms with van der Waals surface area (Å²) in [5.41, 5.74) is 5.02. The third-order valence-corrected chi connectivity index (χ3v) is 6.77. The summed E-state index contributed by atoms with van der Waals surface area (Å²) in [7, 11) is 4.08. The monoisotopic (exact) mass is 437 g/mol. The van der Waals surface area contributed by atoms with Gasteiger partial charge in [-0.25, -0.2) is 0 Å². The smallest absolute Gasteiger partial charge is 0.283 e. The van der Waals surface area contributed by atoms with Crippen molar-refractivity contribution >= 4 is 29.2 Å². The molecule has 0 amide bonds. The highest BCUT2D eigenvalue weighted by Gasteiger charge is 2.28. The van der Waals surface area contributed by atoms with E-state index in [0.29, 0.717) is 18.1 Å². The fourth-order valence-electron chi connectivity index (χ4n) is 3.97. The SMILES string of the molecule is CN(C)c1ccc(C=C2CCC(Sc3ccccc3[N+](=O)[O-])=C2N2CCOCC2)cc1. The van der Waals surface area contributed by atoms with Gasteiger partial charge in [0.15, 0.2) is 0 Å². The van der Waals surface area contributed by atoms with Crippen molar-refractivity contribution in [3.63, 3.8) is 0 Å². The number of nitro groups is 1. The first-order chi connectivity index (χ1) is 15.0. The van der Waals surface area contributed by atoms with Crippen molar-refractivity contribution in [3.8, 4) is 0 Å². The second kappa shape index (κ2) is 9.58. The van der Waals surface area contributed by atoms with Crippen molar-refractivity contribution in [1.29, 1.82) is 0 Å². The minimum atomic E-state index is -0.296. The number of para-hydroxylation sites is 1. The topological polar surface area (TPSA) is 58.8 Å². The lowest BCUT2D eigenvalue weighted by atomic mass is 10.1. The van der Waals surface area contributed by atoms with Gasteiger partial charge in [0.1, 0.15) is 0 Å². The Hall–Kier alpha value is -2.77. The van der Waals surface area contributed by atoms with Crippen LogP contribution in [-0.4, -0.2) is 50.2 Å². The summed E-state index contributed by atoms with van der Waals surface area (Å²) in [4.78, 5) is 17.6. The van der Waals surface area contributed by atoms with Gasteiger partial charge in [-0.15, -0.1) is 0 Å². The molecule has 0 N–H and O–H groups in total. The highest BCUT2D eigenvalue weighted by atomic mass is 32.2. The Morgan fingerprint density at radius 3 is 2.45 bits per heavy atom. The van der Waals surface area contributed by atoms with E-state index in [1.165, 1.54) is 39.2 Å². The van der Waals surface area contributed by atoms with Gasteiger partial charge in [-0.05, 0) is 48.3 Å². The lowest BCUT2D eigenvalue weighted by molar-refractivity contribution is -0.387. The van der Waals surface area contributed by atoms with E-state index in [9.17, 15) is 10.1 Å². The van der Waals surface area contributed by atoms with Crippen LogP contribution in [0.1, 0.15) is 18.4 Å². The van der Waals surface area contributed by atoms with Gasteiger partial charge < -0.3 is 14.5 Å². The number of hydrogen-bond donors (Lipinski definition) is 0. The second-order valence-corrected chi connectivity index (χ2v) is 8.99. The van der Waals surface area contributed by atoms with Crippen LogP contribution in [0, 0.1) is 10.1 Å². The number of benzene rings is 2. The molecule has 1 aliphatic heterocycles. The van der Waals surface area contributed by atoms with Crippen LogP contribution < -0.4 is 4.90 Å². The van der Waals surface area contributed by atoms with Crippen molar-refractivity contribution in [2.24, 2.45) is 0 Å². The number of hydrogen-bond acceptors (Lipinski definition) is 6. The summed E-state index contributed by atoms with van der Waals surface area (Å²) in [5, 5.41) is 11.5. The number of ether oxygens (including phenoxy) is 1. The first-order valence-electron chi connectivity index (χ1n) is 10.5. The Kier molecular flexibility index (Phi) is 6.63. The van der Waals surface area contributed by atoms with Crippen LogP contribution in [0.5, 0.6) is 0 Å². The van der Waals surface area contributed by atoms with Crippen LogP contribution in [0.2, 0.25) is 0 Å².